The van der Waals surface area contributed by atoms with Crippen molar-refractivity contribution in [1.29, 1.82) is 5.41 Å². The van der Waals surface area contributed by atoms with Crippen molar-refractivity contribution < 1.29 is 4.79 Å². The van der Waals surface area contributed by atoms with Crippen molar-refractivity contribution in [3.05, 3.63) is 18.5 Å². The lowest BCUT2D eigenvalue weighted by Crippen LogP contribution is -2.39. The van der Waals surface area contributed by atoms with Gasteiger partial charge in [0.25, 0.3) is 0 Å². The first-order valence-electron chi connectivity index (χ1n) is 8.21. The molecule has 0 saturated heterocycles. The summed E-state index contributed by atoms with van der Waals surface area (Å²) in [4.78, 5) is 16.9. The van der Waals surface area contributed by atoms with Crippen molar-refractivity contribution in [3.63, 3.8) is 0 Å². The molecule has 0 aliphatic heterocycles. The molecular weight excluding hydrogens is 306 g/mol. The fraction of sp³-hybridized carbons (Fsp3) is 0.500. The van der Waals surface area contributed by atoms with Gasteiger partial charge in [-0.15, -0.1) is 0 Å². The molecule has 3 rings (SSSR count). The molecule has 0 bridgehead atoms. The Bertz CT molecular complexity index is 741. The second-order valence-corrected chi connectivity index (χ2v) is 6.54. The first-order chi connectivity index (χ1) is 11.5. The topological polar surface area (TPSA) is 133 Å². The number of anilines is 1. The van der Waals surface area contributed by atoms with Crippen LogP contribution in [-0.2, 0) is 4.79 Å². The number of nitrogens with zero attached hydrogens (tertiary/aromatic N) is 2. The van der Waals surface area contributed by atoms with E-state index in [0.29, 0.717) is 24.0 Å². The predicted octanol–water partition coefficient (Wildman–Crippen LogP) is 1.43. The molecule has 1 aliphatic rings. The van der Waals surface area contributed by atoms with Gasteiger partial charge in [0.05, 0.1) is 17.3 Å². The number of pyridine rings is 1. The largest absolute Gasteiger partial charge is 0.370 e. The molecule has 3 unspecified atom stereocenters. The summed E-state index contributed by atoms with van der Waals surface area (Å²) in [5.41, 5.74) is 6.75. The second-order valence-electron chi connectivity index (χ2n) is 6.54. The van der Waals surface area contributed by atoms with Crippen LogP contribution >= 0.6 is 0 Å². The maximum atomic E-state index is 12.7. The van der Waals surface area contributed by atoms with Gasteiger partial charge in [-0.25, -0.2) is 4.98 Å². The molecule has 0 radical (unpaired) electrons. The average Bonchev–Trinajstić information content (AvgIpc) is 3.02. The fourth-order valence-electron chi connectivity index (χ4n) is 3.52. The molecule has 1 aliphatic carbocycles. The highest BCUT2D eigenvalue weighted by atomic mass is 16.1. The molecule has 0 spiro atoms. The van der Waals surface area contributed by atoms with E-state index in [4.69, 9.17) is 11.1 Å². The molecule has 128 valence electrons. The Balaban J connectivity index is 1.62. The van der Waals surface area contributed by atoms with Gasteiger partial charge in [-0.1, -0.05) is 6.92 Å². The minimum Gasteiger partial charge on any atom is -0.370 e. The van der Waals surface area contributed by atoms with Gasteiger partial charge in [0.2, 0.25) is 5.91 Å². The van der Waals surface area contributed by atoms with Crippen molar-refractivity contribution in [2.24, 2.45) is 23.5 Å². The van der Waals surface area contributed by atoms with Crippen LogP contribution in [0, 0.1) is 23.2 Å². The minimum atomic E-state index is -0.00584. The lowest BCUT2D eigenvalue weighted by Gasteiger charge is -2.33. The zero-order valence-electron chi connectivity index (χ0n) is 13.7. The maximum absolute atomic E-state index is 12.7. The number of nitrogens with two attached hydrogens (primary N) is 1. The summed E-state index contributed by atoms with van der Waals surface area (Å²) in [6.07, 6.45) is 6.09. The van der Waals surface area contributed by atoms with Gasteiger partial charge in [-0.2, -0.15) is 5.10 Å². The summed E-state index contributed by atoms with van der Waals surface area (Å²) in [7, 11) is 0. The number of H-pyrrole nitrogens is 1. The van der Waals surface area contributed by atoms with E-state index in [-0.39, 0.29) is 17.8 Å². The molecule has 24 heavy (non-hydrogen) atoms. The SMILES string of the molecule is CC1CC(CNC(=N)N)CCC1C(=O)Nc1ccnc2[nH]ncc12. The molecule has 0 aromatic carbocycles. The second kappa shape index (κ2) is 6.86. The van der Waals surface area contributed by atoms with Crippen LogP contribution in [0.4, 0.5) is 5.69 Å². The minimum absolute atomic E-state index is 0.00401. The first-order valence-corrected chi connectivity index (χ1v) is 8.21. The molecule has 6 N–H and O–H groups in total. The van der Waals surface area contributed by atoms with Crippen LogP contribution in [0.2, 0.25) is 0 Å². The molecule has 2 aromatic rings. The quantitative estimate of drug-likeness (QED) is 0.427. The van der Waals surface area contributed by atoms with E-state index < -0.39 is 0 Å². The van der Waals surface area contributed by atoms with E-state index in [1.807, 2.05) is 0 Å². The van der Waals surface area contributed by atoms with E-state index in [9.17, 15) is 4.79 Å². The van der Waals surface area contributed by atoms with E-state index in [2.05, 4.69) is 32.7 Å². The number of aromatic nitrogens is 3. The fourth-order valence-corrected chi connectivity index (χ4v) is 3.52. The van der Waals surface area contributed by atoms with Crippen LogP contribution in [-0.4, -0.2) is 33.6 Å². The van der Waals surface area contributed by atoms with Crippen molar-refractivity contribution in [3.8, 4) is 0 Å². The number of amides is 1. The van der Waals surface area contributed by atoms with Gasteiger partial charge in [0.15, 0.2) is 11.6 Å². The maximum Gasteiger partial charge on any atom is 0.227 e. The van der Waals surface area contributed by atoms with E-state index in [1.165, 1.54) is 0 Å². The Kier molecular flexibility index (Phi) is 4.64. The summed E-state index contributed by atoms with van der Waals surface area (Å²) >= 11 is 0. The van der Waals surface area contributed by atoms with E-state index >= 15 is 0 Å². The highest BCUT2D eigenvalue weighted by Gasteiger charge is 2.32. The highest BCUT2D eigenvalue weighted by molar-refractivity contribution is 6.00. The number of carbonyl (C=O) groups is 1. The summed E-state index contributed by atoms with van der Waals surface area (Å²) in [5, 5.41) is 20.7. The smallest absolute Gasteiger partial charge is 0.227 e. The van der Waals surface area contributed by atoms with Crippen LogP contribution in [0.3, 0.4) is 0 Å². The monoisotopic (exact) mass is 329 g/mol. The van der Waals surface area contributed by atoms with Gasteiger partial charge < -0.3 is 16.4 Å². The van der Waals surface area contributed by atoms with E-state index in [0.717, 1.165) is 30.3 Å². The Morgan fingerprint density at radius 2 is 2.33 bits per heavy atom. The molecular formula is C16H23N7O. The number of rotatable bonds is 4. The number of aromatic amines is 1. The van der Waals surface area contributed by atoms with Crippen molar-refractivity contribution in [1.82, 2.24) is 20.5 Å². The van der Waals surface area contributed by atoms with Crippen LogP contribution < -0.4 is 16.4 Å². The zero-order chi connectivity index (χ0) is 17.1. The zero-order valence-corrected chi connectivity index (χ0v) is 13.7. The number of hydrogen-bond donors (Lipinski definition) is 5. The predicted molar refractivity (Wildman–Crippen MR) is 92.4 cm³/mol. The summed E-state index contributed by atoms with van der Waals surface area (Å²) in [5.74, 6) is 0.792. The van der Waals surface area contributed by atoms with Crippen LogP contribution in [0.25, 0.3) is 11.0 Å². The number of nitrogens with one attached hydrogen (secondary N) is 4. The lowest BCUT2D eigenvalue weighted by molar-refractivity contribution is -0.122. The Hall–Kier alpha value is -2.64. The number of guanidine groups is 1. The van der Waals surface area contributed by atoms with Gasteiger partial charge in [-0.05, 0) is 37.2 Å². The van der Waals surface area contributed by atoms with Crippen molar-refractivity contribution in [2.75, 3.05) is 11.9 Å². The standard InChI is InChI=1S/C16H23N7O/c1-9-6-10(7-20-16(17)18)2-3-11(9)15(24)22-13-4-5-19-14-12(13)8-21-23-14/h4-5,8-11H,2-3,6-7H2,1H3,(H4,17,18,20)(H2,19,21,22,23,24). The average molecular weight is 329 g/mol. The highest BCUT2D eigenvalue weighted by Crippen LogP contribution is 2.34. The van der Waals surface area contributed by atoms with Crippen LogP contribution in [0.5, 0.6) is 0 Å². The molecule has 2 aromatic heterocycles. The van der Waals surface area contributed by atoms with Gasteiger partial charge in [0.1, 0.15) is 0 Å². The third-order valence-electron chi connectivity index (χ3n) is 4.81. The van der Waals surface area contributed by atoms with Gasteiger partial charge in [0, 0.05) is 18.7 Å². The summed E-state index contributed by atoms with van der Waals surface area (Å²) in [6.45, 7) is 2.82. The Morgan fingerprint density at radius 3 is 3.08 bits per heavy atom. The molecule has 8 nitrogen and oxygen atoms in total. The summed E-state index contributed by atoms with van der Waals surface area (Å²) < 4.78 is 0. The van der Waals surface area contributed by atoms with Gasteiger partial charge in [-0.3, -0.25) is 15.3 Å². The number of carbonyl (C=O) groups excluding carboxylic acids is 1. The molecule has 1 amide bonds. The summed E-state index contributed by atoms with van der Waals surface area (Å²) in [6, 6.07) is 1.79. The molecule has 3 atom stereocenters. The van der Waals surface area contributed by atoms with E-state index in [1.54, 1.807) is 18.5 Å². The number of hydrogen-bond acceptors (Lipinski definition) is 4. The third kappa shape index (κ3) is 3.47. The normalized spacial score (nSPS) is 23.8. The van der Waals surface area contributed by atoms with Gasteiger partial charge >= 0.3 is 0 Å². The van der Waals surface area contributed by atoms with Crippen molar-refractivity contribution in [2.45, 2.75) is 26.2 Å². The third-order valence-corrected chi connectivity index (χ3v) is 4.81. The van der Waals surface area contributed by atoms with Crippen LogP contribution in [0.15, 0.2) is 18.5 Å². The van der Waals surface area contributed by atoms with Crippen LogP contribution in [0.1, 0.15) is 26.2 Å². The molecule has 1 saturated carbocycles. The Morgan fingerprint density at radius 1 is 1.50 bits per heavy atom. The molecule has 1 fully saturated rings. The first kappa shape index (κ1) is 16.2. The molecule has 8 heteroatoms. The Labute approximate surface area is 140 Å². The number of fused-ring (bicyclic) bond motifs is 1. The van der Waals surface area contributed by atoms with Crippen molar-refractivity contribution >= 4 is 28.6 Å². The lowest BCUT2D eigenvalue weighted by atomic mass is 9.74. The molecule has 2 heterocycles.